The molecule has 0 aliphatic heterocycles. The second-order valence-corrected chi connectivity index (χ2v) is 3.90. The van der Waals surface area contributed by atoms with Crippen molar-refractivity contribution in [2.24, 2.45) is 0 Å². The summed E-state index contributed by atoms with van der Waals surface area (Å²) in [5, 5.41) is 0.122. The highest BCUT2D eigenvalue weighted by atomic mass is 35.5. The molecule has 0 spiro atoms. The zero-order valence-electron chi connectivity index (χ0n) is 10.6. The number of methoxy groups -OCH3 is 2. The number of hydrogen-bond donors (Lipinski definition) is 1. The molecular formula is C12H16ClNO4. The number of esters is 1. The highest BCUT2D eigenvalue weighted by Gasteiger charge is 2.23. The molecule has 1 rings (SSSR count). The largest absolute Gasteiger partial charge is 0.495 e. The van der Waals surface area contributed by atoms with Gasteiger partial charge in [0, 0.05) is 6.07 Å². The van der Waals surface area contributed by atoms with Crippen LogP contribution >= 0.6 is 11.6 Å². The summed E-state index contributed by atoms with van der Waals surface area (Å²) >= 11 is 6.06. The van der Waals surface area contributed by atoms with E-state index in [9.17, 15) is 4.79 Å². The first-order valence-electron chi connectivity index (χ1n) is 5.43. The lowest BCUT2D eigenvalue weighted by Crippen LogP contribution is -2.11. The van der Waals surface area contributed by atoms with Gasteiger partial charge in [0.25, 0.3) is 0 Å². The van der Waals surface area contributed by atoms with Gasteiger partial charge in [-0.3, -0.25) is 0 Å². The van der Waals surface area contributed by atoms with Crippen LogP contribution in [-0.4, -0.2) is 26.8 Å². The van der Waals surface area contributed by atoms with E-state index < -0.39 is 5.97 Å². The molecule has 0 aliphatic carbocycles. The first kappa shape index (κ1) is 14.4. The van der Waals surface area contributed by atoms with Gasteiger partial charge in [-0.2, -0.15) is 0 Å². The molecule has 6 heteroatoms. The van der Waals surface area contributed by atoms with Crippen molar-refractivity contribution < 1.29 is 19.0 Å². The molecule has 0 unspecified atom stereocenters. The number of rotatable bonds is 5. The summed E-state index contributed by atoms with van der Waals surface area (Å²) in [6, 6.07) is 1.52. The number of carbonyl (C=O) groups excluding carboxylic acids is 1. The molecule has 0 saturated carbocycles. The summed E-state index contributed by atoms with van der Waals surface area (Å²) in [7, 11) is 2.89. The van der Waals surface area contributed by atoms with Crippen LogP contribution in [-0.2, 0) is 4.74 Å². The van der Waals surface area contributed by atoms with Crippen molar-refractivity contribution in [2.75, 3.05) is 26.6 Å². The lowest BCUT2D eigenvalue weighted by atomic mass is 10.1. The highest BCUT2D eigenvalue weighted by Crippen LogP contribution is 2.39. The highest BCUT2D eigenvalue weighted by molar-refractivity contribution is 6.36. The van der Waals surface area contributed by atoms with Gasteiger partial charge in [-0.15, -0.1) is 0 Å². The summed E-state index contributed by atoms with van der Waals surface area (Å²) in [5.74, 6) is 0.0439. The zero-order chi connectivity index (χ0) is 13.7. The number of nitrogen functional groups attached to an aromatic ring is 1. The summed E-state index contributed by atoms with van der Waals surface area (Å²) in [5.41, 5.74) is 6.04. The maximum atomic E-state index is 11.9. The first-order chi connectivity index (χ1) is 8.56. The number of halogens is 1. The van der Waals surface area contributed by atoms with Gasteiger partial charge < -0.3 is 19.9 Å². The summed E-state index contributed by atoms with van der Waals surface area (Å²) in [6.45, 7) is 2.19. The monoisotopic (exact) mass is 273 g/mol. The van der Waals surface area contributed by atoms with Crippen LogP contribution in [0.25, 0.3) is 0 Å². The number of anilines is 1. The van der Waals surface area contributed by atoms with Crippen LogP contribution < -0.4 is 15.2 Å². The van der Waals surface area contributed by atoms with Gasteiger partial charge in [0.1, 0.15) is 17.1 Å². The molecule has 1 aromatic carbocycles. The SMILES string of the molecule is CCCOC(=O)c1c(N)c(OC)cc(OC)c1Cl. The maximum absolute atomic E-state index is 11.9. The van der Waals surface area contributed by atoms with Crippen molar-refractivity contribution >= 4 is 23.3 Å². The zero-order valence-corrected chi connectivity index (χ0v) is 11.3. The normalized spacial score (nSPS) is 10.0. The van der Waals surface area contributed by atoms with Crippen LogP contribution in [0.5, 0.6) is 11.5 Å². The summed E-state index contributed by atoms with van der Waals surface area (Å²) < 4.78 is 15.2. The van der Waals surface area contributed by atoms with E-state index in [1.54, 1.807) is 0 Å². The maximum Gasteiger partial charge on any atom is 0.342 e. The van der Waals surface area contributed by atoms with Gasteiger partial charge in [-0.1, -0.05) is 18.5 Å². The molecule has 0 atom stereocenters. The third-order valence-corrected chi connectivity index (χ3v) is 2.69. The van der Waals surface area contributed by atoms with E-state index in [0.29, 0.717) is 24.5 Å². The van der Waals surface area contributed by atoms with Crippen molar-refractivity contribution in [3.63, 3.8) is 0 Å². The third-order valence-electron chi connectivity index (χ3n) is 2.31. The minimum atomic E-state index is -0.587. The average molecular weight is 274 g/mol. The Labute approximate surface area is 111 Å². The number of ether oxygens (including phenoxy) is 3. The Hall–Kier alpha value is -1.62. The molecule has 2 N–H and O–H groups in total. The molecule has 0 heterocycles. The van der Waals surface area contributed by atoms with Crippen LogP contribution in [0.15, 0.2) is 6.07 Å². The Kier molecular flexibility index (Phi) is 5.09. The topological polar surface area (TPSA) is 70.8 Å². The predicted molar refractivity (Wildman–Crippen MR) is 69.5 cm³/mol. The van der Waals surface area contributed by atoms with Gasteiger partial charge >= 0.3 is 5.97 Å². The van der Waals surface area contributed by atoms with Gasteiger partial charge in [0.2, 0.25) is 0 Å². The molecule has 0 aromatic heterocycles. The van der Waals surface area contributed by atoms with Crippen LogP contribution in [0, 0.1) is 0 Å². The Bertz CT molecular complexity index is 420. The van der Waals surface area contributed by atoms with E-state index in [0.717, 1.165) is 0 Å². The molecule has 18 heavy (non-hydrogen) atoms. The Morgan fingerprint density at radius 2 is 1.94 bits per heavy atom. The van der Waals surface area contributed by atoms with Gasteiger partial charge in [-0.05, 0) is 6.42 Å². The van der Waals surface area contributed by atoms with Crippen LogP contribution in [0.2, 0.25) is 5.02 Å². The van der Waals surface area contributed by atoms with E-state index >= 15 is 0 Å². The van der Waals surface area contributed by atoms with Crippen molar-refractivity contribution in [3.8, 4) is 11.5 Å². The molecule has 0 radical (unpaired) electrons. The van der Waals surface area contributed by atoms with Crippen molar-refractivity contribution in [3.05, 3.63) is 16.7 Å². The van der Waals surface area contributed by atoms with Gasteiger partial charge in [-0.25, -0.2) is 4.79 Å². The molecule has 0 saturated heterocycles. The summed E-state index contributed by atoms with van der Waals surface area (Å²) in [4.78, 5) is 11.9. The molecule has 0 amide bonds. The Morgan fingerprint density at radius 1 is 1.33 bits per heavy atom. The van der Waals surface area contributed by atoms with Crippen LogP contribution in [0.1, 0.15) is 23.7 Å². The van der Waals surface area contributed by atoms with E-state index in [2.05, 4.69) is 0 Å². The van der Waals surface area contributed by atoms with E-state index in [1.165, 1.54) is 20.3 Å². The predicted octanol–water partition coefficient (Wildman–Crippen LogP) is 2.51. The minimum absolute atomic E-state index is 0.0707. The fourth-order valence-electron chi connectivity index (χ4n) is 1.41. The second-order valence-electron chi connectivity index (χ2n) is 3.52. The number of nitrogens with two attached hydrogens (primary N) is 1. The number of carbonyl (C=O) groups is 1. The van der Waals surface area contributed by atoms with Gasteiger partial charge in [0.05, 0.1) is 31.5 Å². The van der Waals surface area contributed by atoms with E-state index in [-0.39, 0.29) is 16.3 Å². The first-order valence-corrected chi connectivity index (χ1v) is 5.81. The number of benzene rings is 1. The van der Waals surface area contributed by atoms with Crippen LogP contribution in [0.3, 0.4) is 0 Å². The molecule has 100 valence electrons. The average Bonchev–Trinajstić information content (AvgIpc) is 2.37. The fraction of sp³-hybridized carbons (Fsp3) is 0.417. The molecule has 0 fully saturated rings. The standard InChI is InChI=1S/C12H16ClNO4/c1-4-5-18-12(15)9-10(13)7(16-2)6-8(17-3)11(9)14/h6H,4-5,14H2,1-3H3. The molecule has 0 aliphatic rings. The molecular weight excluding hydrogens is 258 g/mol. The van der Waals surface area contributed by atoms with E-state index in [4.69, 9.17) is 31.5 Å². The van der Waals surface area contributed by atoms with Crippen molar-refractivity contribution in [1.82, 2.24) is 0 Å². The van der Waals surface area contributed by atoms with Crippen LogP contribution in [0.4, 0.5) is 5.69 Å². The lowest BCUT2D eigenvalue weighted by Gasteiger charge is -2.14. The van der Waals surface area contributed by atoms with Crippen molar-refractivity contribution in [1.29, 1.82) is 0 Å². The fourth-order valence-corrected chi connectivity index (χ4v) is 1.72. The quantitative estimate of drug-likeness (QED) is 0.659. The Balaban J connectivity index is 3.27. The minimum Gasteiger partial charge on any atom is -0.495 e. The summed E-state index contributed by atoms with van der Waals surface area (Å²) in [6.07, 6.45) is 0.713. The van der Waals surface area contributed by atoms with E-state index in [1.807, 2.05) is 6.92 Å². The lowest BCUT2D eigenvalue weighted by molar-refractivity contribution is 0.0506. The van der Waals surface area contributed by atoms with Gasteiger partial charge in [0.15, 0.2) is 0 Å². The Morgan fingerprint density at radius 3 is 2.44 bits per heavy atom. The smallest absolute Gasteiger partial charge is 0.342 e. The third kappa shape index (κ3) is 2.79. The van der Waals surface area contributed by atoms with Crippen molar-refractivity contribution in [2.45, 2.75) is 13.3 Å². The molecule has 5 nitrogen and oxygen atoms in total. The molecule has 0 bridgehead atoms. The number of hydrogen-bond acceptors (Lipinski definition) is 5. The second kappa shape index (κ2) is 6.35. The molecule has 1 aromatic rings.